The smallest absolute Gasteiger partial charge is 0.340 e. The molecule has 0 atom stereocenters. The van der Waals surface area contributed by atoms with Gasteiger partial charge in [-0.3, -0.25) is 19.2 Å². The molecule has 0 saturated carbocycles. The van der Waals surface area contributed by atoms with Gasteiger partial charge in [0.1, 0.15) is 46.0 Å². The van der Waals surface area contributed by atoms with Gasteiger partial charge in [0.15, 0.2) is 11.2 Å². The molecule has 2 amide bonds. The quantitative estimate of drug-likeness (QED) is 0.0378. The van der Waals surface area contributed by atoms with Crippen LogP contribution < -0.4 is 20.1 Å². The van der Waals surface area contributed by atoms with Gasteiger partial charge in [-0.15, -0.1) is 0 Å². The average Bonchev–Trinajstić information content (AvgIpc) is 3.80. The first kappa shape index (κ1) is 48.0. The van der Waals surface area contributed by atoms with Gasteiger partial charge in [0.2, 0.25) is 0 Å². The van der Waals surface area contributed by atoms with Crippen LogP contribution in [0.25, 0.3) is 0 Å². The second kappa shape index (κ2) is 19.4. The van der Waals surface area contributed by atoms with Crippen molar-refractivity contribution in [3.05, 3.63) is 165 Å². The van der Waals surface area contributed by atoms with Crippen molar-refractivity contribution in [2.24, 2.45) is 0 Å². The molecular formula is C54H46N2O16. The van der Waals surface area contributed by atoms with E-state index in [1.165, 1.54) is 54.6 Å². The molecule has 72 heavy (non-hydrogen) atoms. The number of phenols is 4. The number of carbonyl (C=O) groups is 6. The van der Waals surface area contributed by atoms with Crippen LogP contribution in [0.1, 0.15) is 126 Å². The normalized spacial score (nSPS) is 14.3. The number of amides is 2. The van der Waals surface area contributed by atoms with Crippen molar-refractivity contribution in [3.63, 3.8) is 0 Å². The lowest BCUT2D eigenvalue weighted by atomic mass is 9.77. The van der Waals surface area contributed by atoms with Crippen LogP contribution in [0.15, 0.2) is 109 Å². The van der Waals surface area contributed by atoms with Crippen molar-refractivity contribution in [2.75, 3.05) is 13.1 Å². The highest BCUT2D eigenvalue weighted by Crippen LogP contribution is 2.59. The van der Waals surface area contributed by atoms with Gasteiger partial charge < -0.3 is 60.2 Å². The molecule has 4 aliphatic rings. The molecule has 2 spiro atoms. The highest BCUT2D eigenvalue weighted by molar-refractivity contribution is 6.02. The number of hydrogen-bond acceptors (Lipinski definition) is 14. The summed E-state index contributed by atoms with van der Waals surface area (Å²) in [5.74, 6) is -2.67. The van der Waals surface area contributed by atoms with Gasteiger partial charge in [0, 0.05) is 94.7 Å². The number of nitrogens with one attached hydrogen (secondary N) is 2. The zero-order valence-electron chi connectivity index (χ0n) is 38.2. The topological polar surface area (TPSA) is 285 Å². The van der Waals surface area contributed by atoms with Gasteiger partial charge in [-0.05, 0) is 105 Å². The lowest BCUT2D eigenvalue weighted by Crippen LogP contribution is -2.33. The molecule has 4 heterocycles. The number of carboxylic acids is 2. The lowest BCUT2D eigenvalue weighted by molar-refractivity contribution is -0.138. The fourth-order valence-corrected chi connectivity index (χ4v) is 9.45. The minimum absolute atomic E-state index is 0.0352. The predicted molar refractivity (Wildman–Crippen MR) is 253 cm³/mol. The van der Waals surface area contributed by atoms with Gasteiger partial charge in [-0.25, -0.2) is 9.59 Å². The van der Waals surface area contributed by atoms with Gasteiger partial charge in [0.25, 0.3) is 11.8 Å². The molecule has 4 aliphatic heterocycles. The highest BCUT2D eigenvalue weighted by atomic mass is 16.6. The predicted octanol–water partition coefficient (Wildman–Crippen LogP) is 8.08. The van der Waals surface area contributed by atoms with Crippen molar-refractivity contribution < 1.29 is 78.4 Å². The lowest BCUT2D eigenvalue weighted by Gasteiger charge is -2.36. The Balaban J connectivity index is 0.000000178. The minimum Gasteiger partial charge on any atom is -0.508 e. The summed E-state index contributed by atoms with van der Waals surface area (Å²) in [6.45, 7) is 0.767. The number of carbonyl (C=O) groups excluding carboxylic acids is 4. The number of phenolic OH excluding ortho intramolecular Hbond substituents is 4. The van der Waals surface area contributed by atoms with E-state index in [0.29, 0.717) is 96.1 Å². The van der Waals surface area contributed by atoms with Crippen molar-refractivity contribution in [1.82, 2.24) is 10.6 Å². The first-order valence-electron chi connectivity index (χ1n) is 23.0. The average molecular weight is 979 g/mol. The Kier molecular flexibility index (Phi) is 12.9. The first-order valence-corrected chi connectivity index (χ1v) is 23.0. The molecule has 0 aromatic heterocycles. The van der Waals surface area contributed by atoms with Crippen molar-refractivity contribution >= 4 is 35.7 Å². The van der Waals surface area contributed by atoms with E-state index in [1.807, 2.05) is 0 Å². The molecule has 10 rings (SSSR count). The monoisotopic (exact) mass is 978 g/mol. The number of aliphatic carboxylic acids is 2. The summed E-state index contributed by atoms with van der Waals surface area (Å²) < 4.78 is 23.9. The molecule has 6 aromatic rings. The van der Waals surface area contributed by atoms with Crippen LogP contribution in [-0.2, 0) is 30.3 Å². The zero-order valence-corrected chi connectivity index (χ0v) is 38.2. The van der Waals surface area contributed by atoms with Crippen LogP contribution in [0.4, 0.5) is 0 Å². The number of ether oxygens (including phenoxy) is 4. The first-order chi connectivity index (χ1) is 34.6. The molecule has 0 aliphatic carbocycles. The summed E-state index contributed by atoms with van der Waals surface area (Å²) in [4.78, 5) is 72.9. The van der Waals surface area contributed by atoms with Crippen molar-refractivity contribution in [1.29, 1.82) is 0 Å². The Bertz CT molecular complexity index is 3120. The number of unbranched alkanes of at least 4 members (excludes halogenated alkanes) is 4. The van der Waals surface area contributed by atoms with E-state index in [9.17, 15) is 49.2 Å². The van der Waals surface area contributed by atoms with E-state index in [1.54, 1.807) is 54.6 Å². The van der Waals surface area contributed by atoms with Gasteiger partial charge in [-0.1, -0.05) is 18.9 Å². The van der Waals surface area contributed by atoms with Crippen LogP contribution in [-0.4, -0.2) is 79.4 Å². The van der Waals surface area contributed by atoms with Gasteiger partial charge in [0.05, 0.1) is 11.1 Å². The molecule has 0 fully saturated rings. The van der Waals surface area contributed by atoms with E-state index in [4.69, 9.17) is 29.2 Å². The third-order valence-electron chi connectivity index (χ3n) is 12.8. The maximum absolute atomic E-state index is 13.1. The number of benzene rings is 6. The van der Waals surface area contributed by atoms with E-state index >= 15 is 0 Å². The van der Waals surface area contributed by atoms with E-state index in [2.05, 4.69) is 10.6 Å². The van der Waals surface area contributed by atoms with Crippen LogP contribution in [0, 0.1) is 0 Å². The number of hydrogen-bond donors (Lipinski definition) is 8. The SMILES string of the molecule is O=C(O)CCCCCNC(=O)c1ccc2c(c1)C(=O)OC21c2ccc(O)cc2Oc2cc(O)ccc21.O=C(O)CCCCCNC(=O)c1ccc2c(c1)C1(OC2=O)c2ccc(O)cc2Oc2cc(O)ccc21. The van der Waals surface area contributed by atoms with Gasteiger partial charge in [-0.2, -0.15) is 0 Å². The maximum atomic E-state index is 13.1. The highest BCUT2D eigenvalue weighted by Gasteiger charge is 2.55. The Labute approximate surface area is 410 Å². The summed E-state index contributed by atoms with van der Waals surface area (Å²) in [5.41, 5.74) is 1.23. The molecule has 0 unspecified atom stereocenters. The van der Waals surface area contributed by atoms with Crippen molar-refractivity contribution in [3.8, 4) is 46.0 Å². The second-order valence-corrected chi connectivity index (χ2v) is 17.5. The molecule has 6 aromatic carbocycles. The molecule has 18 heteroatoms. The van der Waals surface area contributed by atoms with E-state index in [0.717, 1.165) is 0 Å². The Morgan fingerprint density at radius 1 is 0.417 bits per heavy atom. The molecule has 8 N–H and O–H groups in total. The number of fused-ring (bicyclic) bond motifs is 12. The summed E-state index contributed by atoms with van der Waals surface area (Å²) >= 11 is 0. The Morgan fingerprint density at radius 3 is 1.22 bits per heavy atom. The van der Waals surface area contributed by atoms with Crippen LogP contribution in [0.3, 0.4) is 0 Å². The molecular weight excluding hydrogens is 933 g/mol. The van der Waals surface area contributed by atoms with Crippen LogP contribution in [0.5, 0.6) is 46.0 Å². The Hall–Kier alpha value is -9.06. The van der Waals surface area contributed by atoms with E-state index < -0.39 is 35.1 Å². The second-order valence-electron chi connectivity index (χ2n) is 17.5. The summed E-state index contributed by atoms with van der Waals surface area (Å²) in [6, 6.07) is 27.4. The van der Waals surface area contributed by atoms with Crippen molar-refractivity contribution in [2.45, 2.75) is 62.6 Å². The summed E-state index contributed by atoms with van der Waals surface area (Å²) in [6.07, 6.45) is 3.91. The Morgan fingerprint density at radius 2 is 0.792 bits per heavy atom. The molecule has 0 saturated heterocycles. The largest absolute Gasteiger partial charge is 0.508 e. The number of carboxylic acid groups (broad SMARTS) is 2. The maximum Gasteiger partial charge on any atom is 0.340 e. The van der Waals surface area contributed by atoms with Gasteiger partial charge >= 0.3 is 23.9 Å². The number of esters is 2. The standard InChI is InChI=1S/2C27H23NO8/c29-16-6-9-20-22(13-16)35-23-14-17(30)7-10-21(23)27(20)19-8-5-15(12-18(19)26(34)36-27)25(33)28-11-3-1-2-4-24(31)32;29-16-6-9-19-22(13-16)35-23-14-17(30)7-10-20(23)27(19)21-12-15(5-8-18(21)26(34)36-27)25(33)28-11-3-1-2-4-24(31)32/h2*5-10,12-14,29-30H,1-4,11H2,(H,28,33)(H,31,32). The third kappa shape index (κ3) is 8.89. The molecule has 368 valence electrons. The number of rotatable bonds is 14. The fourth-order valence-electron chi connectivity index (χ4n) is 9.45. The summed E-state index contributed by atoms with van der Waals surface area (Å²) in [5, 5.41) is 63.1. The minimum atomic E-state index is -1.44. The third-order valence-corrected chi connectivity index (χ3v) is 12.8. The van der Waals surface area contributed by atoms with E-state index in [-0.39, 0.29) is 81.8 Å². The zero-order chi connectivity index (χ0) is 50.9. The van der Waals surface area contributed by atoms with Crippen LogP contribution >= 0.6 is 0 Å². The fraction of sp³-hybridized carbons (Fsp3) is 0.222. The molecule has 0 bridgehead atoms. The number of aromatic hydroxyl groups is 4. The molecule has 0 radical (unpaired) electrons. The van der Waals surface area contributed by atoms with Crippen LogP contribution in [0.2, 0.25) is 0 Å². The summed E-state index contributed by atoms with van der Waals surface area (Å²) in [7, 11) is 0. The molecule has 18 nitrogen and oxygen atoms in total.